The van der Waals surface area contributed by atoms with Crippen molar-refractivity contribution in [3.8, 4) is 0 Å². The van der Waals surface area contributed by atoms with E-state index in [4.69, 9.17) is 0 Å². The smallest absolute Gasteiger partial charge is 0.0500 e. The fourth-order valence-electron chi connectivity index (χ4n) is 5.45. The molecule has 0 aliphatic rings. The maximum Gasteiger partial charge on any atom is 0.0500 e. The molecule has 2 N–H and O–H groups in total. The minimum atomic E-state index is 0.911. The van der Waals surface area contributed by atoms with Gasteiger partial charge in [0.1, 0.15) is 0 Å². The van der Waals surface area contributed by atoms with Crippen LogP contribution in [0.25, 0.3) is 43.6 Å². The van der Waals surface area contributed by atoms with Gasteiger partial charge in [0.2, 0.25) is 0 Å². The van der Waals surface area contributed by atoms with Crippen molar-refractivity contribution in [1.82, 2.24) is 9.97 Å². The van der Waals surface area contributed by atoms with Crippen LogP contribution >= 0.6 is 0 Å². The summed E-state index contributed by atoms with van der Waals surface area (Å²) < 4.78 is 0. The molecule has 2 nitrogen and oxygen atoms in total. The fourth-order valence-corrected chi connectivity index (χ4v) is 5.45. The molecule has 2 heterocycles. The third kappa shape index (κ3) is 3.11. The Balaban J connectivity index is 1.25. The summed E-state index contributed by atoms with van der Waals surface area (Å²) in [6.45, 7) is 0. The maximum atomic E-state index is 3.65. The Hall–Kier alpha value is -4.30. The summed E-state index contributed by atoms with van der Waals surface area (Å²) in [5.41, 5.74) is 10.2. The highest BCUT2D eigenvalue weighted by Crippen LogP contribution is 2.30. The molecule has 0 aliphatic carbocycles. The summed E-state index contributed by atoms with van der Waals surface area (Å²) in [6.07, 6.45) is 1.82. The Morgan fingerprint density at radius 1 is 0.412 bits per heavy atom. The Bertz CT molecular complexity index is 1680. The van der Waals surface area contributed by atoms with E-state index >= 15 is 0 Å². The van der Waals surface area contributed by atoms with Crippen LogP contribution in [0.4, 0.5) is 0 Å². The highest BCUT2D eigenvalue weighted by atomic mass is 14.7. The van der Waals surface area contributed by atoms with Gasteiger partial charge in [0.15, 0.2) is 0 Å². The largest absolute Gasteiger partial charge is 0.354 e. The van der Waals surface area contributed by atoms with Gasteiger partial charge < -0.3 is 9.97 Å². The van der Waals surface area contributed by atoms with Crippen molar-refractivity contribution in [2.24, 2.45) is 0 Å². The molecule has 0 unspecified atom stereocenters. The SMILES string of the molecule is c1cc(Cc2cccc3c2[nH]c2ccccc23)cc(Cc2cccc3c2[nH]c2ccccc23)c1. The van der Waals surface area contributed by atoms with Gasteiger partial charge in [-0.1, -0.05) is 97.1 Å². The van der Waals surface area contributed by atoms with E-state index in [2.05, 4.69) is 119 Å². The first-order valence-electron chi connectivity index (χ1n) is 11.9. The van der Waals surface area contributed by atoms with Crippen LogP contribution in [0.15, 0.2) is 109 Å². The van der Waals surface area contributed by atoms with Gasteiger partial charge in [0.25, 0.3) is 0 Å². The van der Waals surface area contributed by atoms with Gasteiger partial charge in [-0.05, 0) is 47.2 Å². The van der Waals surface area contributed by atoms with Gasteiger partial charge in [0.05, 0.1) is 11.0 Å². The number of aromatic nitrogens is 2. The lowest BCUT2D eigenvalue weighted by Crippen LogP contribution is -1.94. The van der Waals surface area contributed by atoms with Crippen LogP contribution in [0.2, 0.25) is 0 Å². The first-order chi connectivity index (χ1) is 16.8. The molecule has 2 heteroatoms. The normalized spacial score (nSPS) is 11.8. The Kier molecular flexibility index (Phi) is 4.31. The van der Waals surface area contributed by atoms with Crippen molar-refractivity contribution in [1.29, 1.82) is 0 Å². The van der Waals surface area contributed by atoms with Crippen molar-refractivity contribution in [2.75, 3.05) is 0 Å². The van der Waals surface area contributed by atoms with Crippen LogP contribution in [-0.4, -0.2) is 9.97 Å². The van der Waals surface area contributed by atoms with Gasteiger partial charge in [0, 0.05) is 32.6 Å². The quantitative estimate of drug-likeness (QED) is 0.279. The standard InChI is InChI=1S/C32H24N2/c1-3-16-29-25(12-1)27-14-6-10-23(31(27)33-29)19-21-8-5-9-22(18-21)20-24-11-7-15-28-26-13-2-4-17-30(26)34-32(24)28/h1-18,33-34H,19-20H2. The number of nitrogens with one attached hydrogen (secondary N) is 2. The zero-order chi connectivity index (χ0) is 22.5. The monoisotopic (exact) mass is 436 g/mol. The molecule has 0 bridgehead atoms. The molecular weight excluding hydrogens is 412 g/mol. The lowest BCUT2D eigenvalue weighted by molar-refractivity contribution is 1.15. The van der Waals surface area contributed by atoms with Crippen molar-refractivity contribution in [2.45, 2.75) is 12.8 Å². The van der Waals surface area contributed by atoms with Gasteiger partial charge in [-0.3, -0.25) is 0 Å². The van der Waals surface area contributed by atoms with Crippen molar-refractivity contribution in [3.05, 3.63) is 131 Å². The second kappa shape index (κ2) is 7.64. The van der Waals surface area contributed by atoms with E-state index in [1.54, 1.807) is 0 Å². The second-order valence-electron chi connectivity index (χ2n) is 9.19. The van der Waals surface area contributed by atoms with Crippen LogP contribution in [0.5, 0.6) is 0 Å². The minimum absolute atomic E-state index is 0.911. The van der Waals surface area contributed by atoms with E-state index in [-0.39, 0.29) is 0 Å². The Labute approximate surface area is 197 Å². The molecule has 0 fully saturated rings. The molecule has 2 aromatic heterocycles. The van der Waals surface area contributed by atoms with Crippen LogP contribution in [0.1, 0.15) is 22.3 Å². The molecule has 162 valence electrons. The van der Waals surface area contributed by atoms with E-state index in [0.717, 1.165) is 12.8 Å². The van der Waals surface area contributed by atoms with Crippen LogP contribution in [-0.2, 0) is 12.8 Å². The van der Waals surface area contributed by atoms with Crippen molar-refractivity contribution >= 4 is 43.6 Å². The zero-order valence-electron chi connectivity index (χ0n) is 18.8. The lowest BCUT2D eigenvalue weighted by Gasteiger charge is -2.08. The van der Waals surface area contributed by atoms with E-state index in [1.165, 1.54) is 65.9 Å². The molecule has 0 aliphatic heterocycles. The van der Waals surface area contributed by atoms with Crippen molar-refractivity contribution < 1.29 is 0 Å². The van der Waals surface area contributed by atoms with Crippen molar-refractivity contribution in [3.63, 3.8) is 0 Å². The number of rotatable bonds is 4. The number of hydrogen-bond donors (Lipinski definition) is 2. The highest BCUT2D eigenvalue weighted by Gasteiger charge is 2.11. The third-order valence-electron chi connectivity index (χ3n) is 7.04. The number of para-hydroxylation sites is 4. The van der Waals surface area contributed by atoms with Crippen LogP contribution in [0.3, 0.4) is 0 Å². The number of hydrogen-bond acceptors (Lipinski definition) is 0. The second-order valence-corrected chi connectivity index (χ2v) is 9.19. The summed E-state index contributed by atoms with van der Waals surface area (Å²) in [5.74, 6) is 0. The molecular formula is C32H24N2. The maximum absolute atomic E-state index is 3.65. The number of benzene rings is 5. The van der Waals surface area contributed by atoms with Crippen LogP contribution in [0, 0.1) is 0 Å². The van der Waals surface area contributed by atoms with E-state index in [0.29, 0.717) is 0 Å². The minimum Gasteiger partial charge on any atom is -0.354 e. The summed E-state index contributed by atoms with van der Waals surface area (Å²) in [4.78, 5) is 7.30. The molecule has 0 atom stereocenters. The topological polar surface area (TPSA) is 31.6 Å². The average Bonchev–Trinajstić information content (AvgIpc) is 3.44. The Morgan fingerprint density at radius 3 is 1.38 bits per heavy atom. The number of fused-ring (bicyclic) bond motifs is 6. The molecule has 0 amide bonds. The lowest BCUT2D eigenvalue weighted by atomic mass is 9.97. The van der Waals surface area contributed by atoms with Crippen LogP contribution < -0.4 is 0 Å². The molecule has 0 spiro atoms. The average molecular weight is 437 g/mol. The molecule has 0 saturated heterocycles. The van der Waals surface area contributed by atoms with Gasteiger partial charge >= 0.3 is 0 Å². The van der Waals surface area contributed by atoms with Gasteiger partial charge in [-0.15, -0.1) is 0 Å². The summed E-state index contributed by atoms with van der Waals surface area (Å²) >= 11 is 0. The third-order valence-corrected chi connectivity index (χ3v) is 7.04. The van der Waals surface area contributed by atoms with Gasteiger partial charge in [-0.2, -0.15) is 0 Å². The summed E-state index contributed by atoms with van der Waals surface area (Å²) in [5, 5.41) is 5.18. The predicted molar refractivity (Wildman–Crippen MR) is 144 cm³/mol. The number of H-pyrrole nitrogens is 2. The fraction of sp³-hybridized carbons (Fsp3) is 0.0625. The summed E-state index contributed by atoms with van der Waals surface area (Å²) in [7, 11) is 0. The molecule has 34 heavy (non-hydrogen) atoms. The van der Waals surface area contributed by atoms with Gasteiger partial charge in [-0.25, -0.2) is 0 Å². The van der Waals surface area contributed by atoms with E-state index in [1.807, 2.05) is 0 Å². The number of aromatic amines is 2. The first-order valence-corrected chi connectivity index (χ1v) is 11.9. The first kappa shape index (κ1) is 19.2. The summed E-state index contributed by atoms with van der Waals surface area (Å²) in [6, 6.07) is 39.4. The zero-order valence-corrected chi connectivity index (χ0v) is 18.8. The predicted octanol–water partition coefficient (Wildman–Crippen LogP) is 8.14. The highest BCUT2D eigenvalue weighted by molar-refractivity contribution is 6.09. The molecule has 7 rings (SSSR count). The molecule has 0 saturated carbocycles. The molecule has 0 radical (unpaired) electrons. The molecule has 5 aromatic carbocycles. The molecule has 7 aromatic rings. The van der Waals surface area contributed by atoms with E-state index < -0.39 is 0 Å². The Morgan fingerprint density at radius 2 is 0.853 bits per heavy atom. The van der Waals surface area contributed by atoms with E-state index in [9.17, 15) is 0 Å².